The van der Waals surface area contributed by atoms with Crippen LogP contribution in [0.4, 0.5) is 5.69 Å². The summed E-state index contributed by atoms with van der Waals surface area (Å²) in [6.07, 6.45) is 1.54. The summed E-state index contributed by atoms with van der Waals surface area (Å²) in [5.41, 5.74) is 5.28. The van der Waals surface area contributed by atoms with E-state index in [9.17, 15) is 10.1 Å². The van der Waals surface area contributed by atoms with Crippen LogP contribution < -0.4 is 24.3 Å². The van der Waals surface area contributed by atoms with Crippen molar-refractivity contribution in [2.45, 2.75) is 40.9 Å². The Morgan fingerprint density at radius 2 is 1.40 bits per heavy atom. The van der Waals surface area contributed by atoms with Gasteiger partial charge in [-0.15, -0.1) is 0 Å². The number of ether oxygens (including phenoxy) is 4. The van der Waals surface area contributed by atoms with Gasteiger partial charge in [-0.3, -0.25) is 4.79 Å². The Morgan fingerprint density at radius 1 is 0.744 bits per heavy atom. The molecule has 1 amide bonds. The highest BCUT2D eigenvalue weighted by molar-refractivity contribution is 6.10. The summed E-state index contributed by atoms with van der Waals surface area (Å²) in [4.78, 5) is 12.9. The van der Waals surface area contributed by atoms with Gasteiger partial charge in [-0.2, -0.15) is 5.26 Å². The summed E-state index contributed by atoms with van der Waals surface area (Å²) in [6, 6.07) is 28.7. The van der Waals surface area contributed by atoms with Crippen molar-refractivity contribution in [1.82, 2.24) is 0 Å². The molecule has 0 aromatic heterocycles. The van der Waals surface area contributed by atoms with E-state index in [2.05, 4.69) is 5.32 Å². The molecule has 0 fully saturated rings. The van der Waals surface area contributed by atoms with Crippen LogP contribution >= 0.6 is 0 Å². The molecule has 0 aliphatic rings. The highest BCUT2D eigenvalue weighted by atomic mass is 16.5. The van der Waals surface area contributed by atoms with Crippen LogP contribution in [0.15, 0.2) is 90.5 Å². The van der Waals surface area contributed by atoms with Crippen molar-refractivity contribution in [3.05, 3.63) is 118 Å². The number of nitrogens with one attached hydrogen (secondary N) is 1. The smallest absolute Gasteiger partial charge is 0.266 e. The number of carbonyl (C=O) groups is 1. The van der Waals surface area contributed by atoms with Gasteiger partial charge in [0.15, 0.2) is 23.0 Å². The van der Waals surface area contributed by atoms with Crippen LogP contribution in [-0.4, -0.2) is 19.1 Å². The Balaban J connectivity index is 1.47. The van der Waals surface area contributed by atoms with Gasteiger partial charge >= 0.3 is 0 Å². The molecule has 7 nitrogen and oxygen atoms in total. The summed E-state index contributed by atoms with van der Waals surface area (Å²) in [5.74, 6) is 1.88. The first-order valence-corrected chi connectivity index (χ1v) is 14.2. The van der Waals surface area contributed by atoms with E-state index >= 15 is 0 Å². The molecule has 0 aliphatic carbocycles. The molecular formula is C36H36N2O5. The minimum Gasteiger partial charge on any atom is -0.490 e. The lowest BCUT2D eigenvalue weighted by molar-refractivity contribution is -0.112. The molecule has 0 aliphatic heterocycles. The lowest BCUT2D eigenvalue weighted by Crippen LogP contribution is -2.14. The predicted octanol–water partition coefficient (Wildman–Crippen LogP) is 7.80. The third-order valence-electron chi connectivity index (χ3n) is 6.51. The van der Waals surface area contributed by atoms with Crippen molar-refractivity contribution in [3.8, 4) is 29.1 Å². The summed E-state index contributed by atoms with van der Waals surface area (Å²) < 4.78 is 23.8. The van der Waals surface area contributed by atoms with Crippen LogP contribution in [0.5, 0.6) is 23.0 Å². The van der Waals surface area contributed by atoms with Crippen molar-refractivity contribution in [1.29, 1.82) is 5.26 Å². The number of nitrogens with zero attached hydrogens (tertiary/aromatic N) is 1. The zero-order valence-electron chi connectivity index (χ0n) is 25.0. The summed E-state index contributed by atoms with van der Waals surface area (Å²) in [7, 11) is 0. The summed E-state index contributed by atoms with van der Waals surface area (Å²) in [5, 5.41) is 12.5. The van der Waals surface area contributed by atoms with Gasteiger partial charge in [0, 0.05) is 5.69 Å². The minimum absolute atomic E-state index is 0.0193. The second kappa shape index (κ2) is 15.1. The Labute approximate surface area is 253 Å². The molecule has 220 valence electrons. The van der Waals surface area contributed by atoms with Crippen LogP contribution in [0.25, 0.3) is 6.08 Å². The number of aryl methyl sites for hydroxylation is 2. The molecule has 4 aromatic rings. The van der Waals surface area contributed by atoms with Crippen molar-refractivity contribution < 1.29 is 23.7 Å². The van der Waals surface area contributed by atoms with E-state index in [1.807, 2.05) is 100 Å². The molecule has 0 saturated heterocycles. The quantitative estimate of drug-likeness (QED) is 0.129. The zero-order valence-corrected chi connectivity index (χ0v) is 25.0. The number of rotatable bonds is 13. The van der Waals surface area contributed by atoms with E-state index in [0.717, 1.165) is 22.3 Å². The standard InChI is InChI=1S/C36H36N2O5/c1-5-40-34-20-28(19-30(22-37)36(39)38-31-15-12-25(3)18-26(31)4)13-16-32(34)43-24-29-14-17-33(35(21-29)41-6-2)42-23-27-10-8-7-9-11-27/h7-21H,5-6,23-24H2,1-4H3,(H,38,39)/b30-19+. The SMILES string of the molecule is CCOc1cc(/C=C(\C#N)C(=O)Nc2ccc(C)cc2C)ccc1OCc1ccc(OCc2ccccc2)c(OCC)c1. The average Bonchev–Trinajstić information content (AvgIpc) is 3.01. The fourth-order valence-corrected chi connectivity index (χ4v) is 4.39. The first-order chi connectivity index (χ1) is 20.9. The number of carbonyl (C=O) groups excluding carboxylic acids is 1. The Morgan fingerprint density at radius 3 is 2.05 bits per heavy atom. The molecule has 0 bridgehead atoms. The number of hydrogen-bond donors (Lipinski definition) is 1. The largest absolute Gasteiger partial charge is 0.490 e. The number of benzene rings is 4. The highest BCUT2D eigenvalue weighted by Crippen LogP contribution is 2.33. The summed E-state index contributed by atoms with van der Waals surface area (Å²) in [6.45, 7) is 9.35. The molecule has 1 N–H and O–H groups in total. The molecule has 4 rings (SSSR count). The molecule has 0 saturated carbocycles. The third kappa shape index (κ3) is 8.64. The Kier molecular flexibility index (Phi) is 10.8. The Hall–Kier alpha value is -5.22. The molecule has 0 unspecified atom stereocenters. The fraction of sp³-hybridized carbons (Fsp3) is 0.222. The monoisotopic (exact) mass is 576 g/mol. The van der Waals surface area contributed by atoms with E-state index in [1.54, 1.807) is 18.2 Å². The number of anilines is 1. The number of amides is 1. The van der Waals surface area contributed by atoms with E-state index in [-0.39, 0.29) is 12.2 Å². The van der Waals surface area contributed by atoms with E-state index in [0.29, 0.717) is 54.1 Å². The van der Waals surface area contributed by atoms with Gasteiger partial charge in [0.2, 0.25) is 0 Å². The second-order valence-corrected chi connectivity index (χ2v) is 9.86. The van der Waals surface area contributed by atoms with Crippen molar-refractivity contribution in [2.75, 3.05) is 18.5 Å². The van der Waals surface area contributed by atoms with Gasteiger partial charge in [0.1, 0.15) is 24.9 Å². The Bertz CT molecular complexity index is 1620. The fourth-order valence-electron chi connectivity index (χ4n) is 4.39. The van der Waals surface area contributed by atoms with Gasteiger partial charge < -0.3 is 24.3 Å². The molecular weight excluding hydrogens is 540 g/mol. The maximum atomic E-state index is 12.9. The molecule has 0 radical (unpaired) electrons. The van der Waals surface area contributed by atoms with Crippen LogP contribution in [0.3, 0.4) is 0 Å². The molecule has 4 aromatic carbocycles. The van der Waals surface area contributed by atoms with E-state index in [4.69, 9.17) is 18.9 Å². The maximum absolute atomic E-state index is 12.9. The molecule has 43 heavy (non-hydrogen) atoms. The minimum atomic E-state index is -0.478. The average molecular weight is 577 g/mol. The van der Waals surface area contributed by atoms with Crippen molar-refractivity contribution in [2.24, 2.45) is 0 Å². The van der Waals surface area contributed by atoms with Gasteiger partial charge in [-0.1, -0.05) is 60.2 Å². The van der Waals surface area contributed by atoms with Crippen LogP contribution in [0.1, 0.15) is 41.7 Å². The first-order valence-electron chi connectivity index (χ1n) is 14.2. The molecule has 0 spiro atoms. The van der Waals surface area contributed by atoms with Crippen LogP contribution in [0, 0.1) is 25.2 Å². The van der Waals surface area contributed by atoms with Gasteiger partial charge in [0.25, 0.3) is 5.91 Å². The number of hydrogen-bond acceptors (Lipinski definition) is 6. The van der Waals surface area contributed by atoms with Crippen LogP contribution in [0.2, 0.25) is 0 Å². The lowest BCUT2D eigenvalue weighted by atomic mass is 10.1. The van der Waals surface area contributed by atoms with Gasteiger partial charge in [-0.05, 0) is 86.4 Å². The van der Waals surface area contributed by atoms with Crippen molar-refractivity contribution in [3.63, 3.8) is 0 Å². The van der Waals surface area contributed by atoms with Crippen molar-refractivity contribution >= 4 is 17.7 Å². The number of nitriles is 1. The topological polar surface area (TPSA) is 89.8 Å². The summed E-state index contributed by atoms with van der Waals surface area (Å²) >= 11 is 0. The first kappa shape index (κ1) is 30.7. The maximum Gasteiger partial charge on any atom is 0.266 e. The predicted molar refractivity (Wildman–Crippen MR) is 168 cm³/mol. The lowest BCUT2D eigenvalue weighted by Gasteiger charge is -2.15. The molecule has 0 heterocycles. The van der Waals surface area contributed by atoms with Crippen LogP contribution in [-0.2, 0) is 18.0 Å². The molecule has 0 atom stereocenters. The second-order valence-electron chi connectivity index (χ2n) is 9.86. The van der Waals surface area contributed by atoms with Gasteiger partial charge in [0.05, 0.1) is 13.2 Å². The van der Waals surface area contributed by atoms with E-state index < -0.39 is 5.91 Å². The third-order valence-corrected chi connectivity index (χ3v) is 6.51. The molecule has 7 heteroatoms. The zero-order chi connectivity index (χ0) is 30.6. The van der Waals surface area contributed by atoms with E-state index in [1.165, 1.54) is 6.08 Å². The highest BCUT2D eigenvalue weighted by Gasteiger charge is 2.14. The normalized spacial score (nSPS) is 10.9. The van der Waals surface area contributed by atoms with Gasteiger partial charge in [-0.25, -0.2) is 0 Å².